The highest BCUT2D eigenvalue weighted by atomic mass is 127. The van der Waals surface area contributed by atoms with Crippen molar-refractivity contribution in [3.05, 3.63) is 75.6 Å². The summed E-state index contributed by atoms with van der Waals surface area (Å²) in [5.41, 5.74) is -0.977. The minimum atomic E-state index is -4.73. The lowest BCUT2D eigenvalue weighted by Crippen LogP contribution is -2.21. The molecule has 1 amide bonds. The Balaban J connectivity index is 2.04. The summed E-state index contributed by atoms with van der Waals surface area (Å²) in [6, 6.07) is 14.7. The van der Waals surface area contributed by atoms with E-state index in [9.17, 15) is 18.0 Å². The van der Waals surface area contributed by atoms with E-state index in [1.165, 1.54) is 12.1 Å². The van der Waals surface area contributed by atoms with Crippen LogP contribution >= 0.6 is 22.6 Å². The molecule has 0 radical (unpaired) electrons. The smallest absolute Gasteiger partial charge is 0.321 e. The summed E-state index contributed by atoms with van der Waals surface area (Å²) in [5.74, 6) is -0.862. The molecular formula is C17H11F3IN3O. The van der Waals surface area contributed by atoms with E-state index in [0.29, 0.717) is 5.69 Å². The molecule has 0 spiro atoms. The summed E-state index contributed by atoms with van der Waals surface area (Å²) in [7, 11) is 0. The third kappa shape index (κ3) is 3.68. The second kappa shape index (κ2) is 6.87. The average Bonchev–Trinajstić information content (AvgIpc) is 3.03. The molecule has 1 heterocycles. The van der Waals surface area contributed by atoms with Gasteiger partial charge in [-0.3, -0.25) is 4.79 Å². The van der Waals surface area contributed by atoms with Gasteiger partial charge in [-0.2, -0.15) is 18.3 Å². The maximum Gasteiger partial charge on any atom is 0.434 e. The van der Waals surface area contributed by atoms with Gasteiger partial charge in [0.05, 0.1) is 23.1 Å². The number of anilines is 1. The number of carbonyl (C=O) groups excluding carboxylic acids is 1. The Morgan fingerprint density at radius 2 is 1.68 bits per heavy atom. The van der Waals surface area contributed by atoms with Gasteiger partial charge in [0.1, 0.15) is 0 Å². The van der Waals surface area contributed by atoms with E-state index in [2.05, 4.69) is 10.4 Å². The lowest BCUT2D eigenvalue weighted by atomic mass is 10.2. The first-order chi connectivity index (χ1) is 11.9. The summed E-state index contributed by atoms with van der Waals surface area (Å²) in [5, 5.41) is 6.28. The molecule has 8 heteroatoms. The van der Waals surface area contributed by atoms with Crippen molar-refractivity contribution >= 4 is 34.2 Å². The van der Waals surface area contributed by atoms with Crippen molar-refractivity contribution in [2.75, 3.05) is 5.32 Å². The molecule has 0 aliphatic carbocycles. The molecule has 2 aromatic carbocycles. The molecule has 3 aromatic rings. The monoisotopic (exact) mass is 457 g/mol. The molecule has 0 unspecified atom stereocenters. The summed E-state index contributed by atoms with van der Waals surface area (Å²) in [6.07, 6.45) is -3.80. The van der Waals surface area contributed by atoms with Crippen LogP contribution in [0.5, 0.6) is 0 Å². The summed E-state index contributed by atoms with van der Waals surface area (Å²) in [6.45, 7) is 0. The topological polar surface area (TPSA) is 46.9 Å². The van der Waals surface area contributed by atoms with E-state index in [1.807, 2.05) is 22.6 Å². The number of carbonyl (C=O) groups is 1. The molecule has 1 aromatic heterocycles. The number of aromatic nitrogens is 2. The zero-order chi connectivity index (χ0) is 18.0. The van der Waals surface area contributed by atoms with Gasteiger partial charge in [-0.25, -0.2) is 4.68 Å². The van der Waals surface area contributed by atoms with Gasteiger partial charge >= 0.3 is 6.18 Å². The second-order valence-electron chi connectivity index (χ2n) is 5.09. The van der Waals surface area contributed by atoms with Gasteiger partial charge in [-0.05, 0) is 46.9 Å². The molecule has 25 heavy (non-hydrogen) atoms. The molecule has 0 atom stereocenters. The summed E-state index contributed by atoms with van der Waals surface area (Å²) < 4.78 is 42.1. The Morgan fingerprint density at radius 3 is 2.32 bits per heavy atom. The van der Waals surface area contributed by atoms with Crippen LogP contribution in [0.2, 0.25) is 0 Å². The number of nitrogens with one attached hydrogen (secondary N) is 1. The maximum atomic E-state index is 13.6. The normalized spacial score (nSPS) is 11.4. The number of alkyl halides is 3. The minimum Gasteiger partial charge on any atom is -0.321 e. The van der Waals surface area contributed by atoms with Gasteiger partial charge in [0, 0.05) is 3.57 Å². The standard InChI is InChI=1S/C17H11F3IN3O/c18-17(19,20)15-12(10-22-24(15)11-6-2-1-3-7-11)16(25)23-14-9-5-4-8-13(14)21/h1-10H,(H,23,25). The highest BCUT2D eigenvalue weighted by molar-refractivity contribution is 14.1. The molecule has 0 saturated carbocycles. The molecule has 4 nitrogen and oxygen atoms in total. The van der Waals surface area contributed by atoms with Crippen molar-refractivity contribution in [3.63, 3.8) is 0 Å². The quantitative estimate of drug-likeness (QED) is 0.578. The maximum absolute atomic E-state index is 13.6. The van der Waals surface area contributed by atoms with E-state index in [1.54, 1.807) is 42.5 Å². The van der Waals surface area contributed by atoms with Crippen molar-refractivity contribution in [2.24, 2.45) is 0 Å². The van der Waals surface area contributed by atoms with E-state index in [4.69, 9.17) is 0 Å². The lowest BCUT2D eigenvalue weighted by Gasteiger charge is -2.13. The third-order valence-corrected chi connectivity index (χ3v) is 4.35. The first kappa shape index (κ1) is 17.5. The van der Waals surface area contributed by atoms with Crippen LogP contribution in [-0.2, 0) is 6.18 Å². The summed E-state index contributed by atoms with van der Waals surface area (Å²) >= 11 is 1.99. The van der Waals surface area contributed by atoms with Gasteiger partial charge in [-0.15, -0.1) is 0 Å². The predicted octanol–water partition coefficient (Wildman–Crippen LogP) is 4.75. The highest BCUT2D eigenvalue weighted by Crippen LogP contribution is 2.34. The number of nitrogens with zero attached hydrogens (tertiary/aromatic N) is 2. The van der Waals surface area contributed by atoms with Crippen LogP contribution in [0.25, 0.3) is 5.69 Å². The van der Waals surface area contributed by atoms with Crippen molar-refractivity contribution < 1.29 is 18.0 Å². The largest absolute Gasteiger partial charge is 0.434 e. The number of benzene rings is 2. The first-order valence-corrected chi connectivity index (χ1v) is 8.22. The van der Waals surface area contributed by atoms with Crippen LogP contribution in [0.15, 0.2) is 60.8 Å². The van der Waals surface area contributed by atoms with Crippen LogP contribution in [-0.4, -0.2) is 15.7 Å². The van der Waals surface area contributed by atoms with Crippen molar-refractivity contribution in [1.82, 2.24) is 9.78 Å². The molecule has 0 fully saturated rings. The molecular weight excluding hydrogens is 446 g/mol. The van der Waals surface area contributed by atoms with E-state index >= 15 is 0 Å². The van der Waals surface area contributed by atoms with Crippen molar-refractivity contribution in [1.29, 1.82) is 0 Å². The van der Waals surface area contributed by atoms with Gasteiger partial charge in [0.15, 0.2) is 5.69 Å². The number of para-hydroxylation sites is 2. The first-order valence-electron chi connectivity index (χ1n) is 7.14. The Labute approximate surface area is 154 Å². The molecule has 0 bridgehead atoms. The number of hydrogen-bond donors (Lipinski definition) is 1. The minimum absolute atomic E-state index is 0.225. The van der Waals surface area contributed by atoms with Crippen LogP contribution in [0.3, 0.4) is 0 Å². The molecule has 0 saturated heterocycles. The zero-order valence-corrected chi connectivity index (χ0v) is 14.7. The van der Waals surface area contributed by atoms with Crippen LogP contribution < -0.4 is 5.32 Å². The SMILES string of the molecule is O=C(Nc1ccccc1I)c1cnn(-c2ccccc2)c1C(F)(F)F. The fourth-order valence-electron chi connectivity index (χ4n) is 2.30. The Kier molecular flexibility index (Phi) is 4.80. The predicted molar refractivity (Wildman–Crippen MR) is 95.7 cm³/mol. The number of amides is 1. The van der Waals surface area contributed by atoms with Crippen LogP contribution in [0, 0.1) is 3.57 Å². The van der Waals surface area contributed by atoms with Crippen molar-refractivity contribution in [2.45, 2.75) is 6.18 Å². The Hall–Kier alpha value is -2.36. The van der Waals surface area contributed by atoms with Gasteiger partial charge in [-0.1, -0.05) is 30.3 Å². The van der Waals surface area contributed by atoms with Gasteiger partial charge in [0.2, 0.25) is 0 Å². The van der Waals surface area contributed by atoms with E-state index < -0.39 is 23.3 Å². The Morgan fingerprint density at radius 1 is 1.04 bits per heavy atom. The number of halogens is 4. The summed E-state index contributed by atoms with van der Waals surface area (Å²) in [4.78, 5) is 12.4. The highest BCUT2D eigenvalue weighted by Gasteiger charge is 2.40. The molecule has 1 N–H and O–H groups in total. The fraction of sp³-hybridized carbons (Fsp3) is 0.0588. The Bertz CT molecular complexity index is 907. The zero-order valence-electron chi connectivity index (χ0n) is 12.6. The van der Waals surface area contributed by atoms with Crippen molar-refractivity contribution in [3.8, 4) is 5.69 Å². The van der Waals surface area contributed by atoms with Crippen LogP contribution in [0.1, 0.15) is 16.1 Å². The number of rotatable bonds is 3. The second-order valence-corrected chi connectivity index (χ2v) is 6.25. The fourth-order valence-corrected chi connectivity index (χ4v) is 2.83. The average molecular weight is 457 g/mol. The number of hydrogen-bond acceptors (Lipinski definition) is 2. The van der Waals surface area contributed by atoms with Crippen LogP contribution in [0.4, 0.5) is 18.9 Å². The van der Waals surface area contributed by atoms with Gasteiger partial charge in [0.25, 0.3) is 5.91 Å². The lowest BCUT2D eigenvalue weighted by molar-refractivity contribution is -0.143. The third-order valence-electron chi connectivity index (χ3n) is 3.41. The molecule has 0 aliphatic heterocycles. The molecule has 128 valence electrons. The van der Waals surface area contributed by atoms with Gasteiger partial charge < -0.3 is 5.32 Å². The molecule has 0 aliphatic rings. The van der Waals surface area contributed by atoms with E-state index in [0.717, 1.165) is 14.4 Å². The molecule has 3 rings (SSSR count). The van der Waals surface area contributed by atoms with E-state index in [-0.39, 0.29) is 5.69 Å².